The predicted octanol–water partition coefficient (Wildman–Crippen LogP) is 2.28. The van der Waals surface area contributed by atoms with Gasteiger partial charge in [0.2, 0.25) is 0 Å². The minimum atomic E-state index is -0.965. The summed E-state index contributed by atoms with van der Waals surface area (Å²) in [5.74, 6) is 0.0772. The van der Waals surface area contributed by atoms with Gasteiger partial charge in [-0.2, -0.15) is 0 Å². The number of carboxylic acid groups (broad SMARTS) is 1. The van der Waals surface area contributed by atoms with Crippen molar-refractivity contribution in [1.29, 1.82) is 0 Å². The molecule has 2 heterocycles. The Morgan fingerprint density at radius 2 is 2.16 bits per heavy atom. The molecule has 19 heavy (non-hydrogen) atoms. The third kappa shape index (κ3) is 3.42. The second-order valence-electron chi connectivity index (χ2n) is 4.36. The number of carbonyl (C=O) groups is 1. The number of aromatic nitrogens is 1. The molecule has 100 valence electrons. The van der Waals surface area contributed by atoms with Gasteiger partial charge in [-0.25, -0.2) is 4.79 Å². The lowest BCUT2D eigenvalue weighted by Gasteiger charge is -2.03. The standard InChI is InChI=1S/C14H16N2O3/c1-9-4-3-5-11(16-9)7-15-8-12-6-13(14(17)18)10(2)19-12/h3-6,15H,7-8H2,1-2H3,(H,17,18). The van der Waals surface area contributed by atoms with Crippen molar-refractivity contribution in [2.45, 2.75) is 26.9 Å². The van der Waals surface area contributed by atoms with Gasteiger partial charge < -0.3 is 14.8 Å². The van der Waals surface area contributed by atoms with E-state index in [9.17, 15) is 4.79 Å². The first-order valence-electron chi connectivity index (χ1n) is 6.02. The maximum atomic E-state index is 10.9. The molecule has 0 saturated carbocycles. The molecule has 0 unspecified atom stereocenters. The Bertz CT molecular complexity index is 590. The van der Waals surface area contributed by atoms with E-state index in [1.54, 1.807) is 13.0 Å². The van der Waals surface area contributed by atoms with Crippen molar-refractivity contribution in [3.05, 3.63) is 52.7 Å². The van der Waals surface area contributed by atoms with Crippen LogP contribution in [-0.2, 0) is 13.1 Å². The van der Waals surface area contributed by atoms with Gasteiger partial charge in [-0.05, 0) is 32.0 Å². The average molecular weight is 260 g/mol. The van der Waals surface area contributed by atoms with E-state index in [2.05, 4.69) is 10.3 Å². The van der Waals surface area contributed by atoms with Gasteiger partial charge in [0, 0.05) is 12.2 Å². The van der Waals surface area contributed by atoms with E-state index >= 15 is 0 Å². The van der Waals surface area contributed by atoms with E-state index in [-0.39, 0.29) is 5.56 Å². The minimum Gasteiger partial charge on any atom is -0.478 e. The number of carboxylic acids is 1. The molecule has 2 aromatic heterocycles. The molecule has 0 aliphatic heterocycles. The molecular weight excluding hydrogens is 244 g/mol. The molecular formula is C14H16N2O3. The normalized spacial score (nSPS) is 10.6. The Morgan fingerprint density at radius 3 is 2.79 bits per heavy atom. The zero-order chi connectivity index (χ0) is 13.8. The van der Waals surface area contributed by atoms with E-state index in [4.69, 9.17) is 9.52 Å². The third-order valence-corrected chi connectivity index (χ3v) is 2.75. The number of aromatic carboxylic acids is 1. The summed E-state index contributed by atoms with van der Waals surface area (Å²) < 4.78 is 5.37. The van der Waals surface area contributed by atoms with E-state index < -0.39 is 5.97 Å². The summed E-state index contributed by atoms with van der Waals surface area (Å²) in [4.78, 5) is 15.2. The lowest BCUT2D eigenvalue weighted by atomic mass is 10.2. The zero-order valence-electron chi connectivity index (χ0n) is 10.9. The summed E-state index contributed by atoms with van der Waals surface area (Å²) in [6, 6.07) is 7.39. The summed E-state index contributed by atoms with van der Waals surface area (Å²) >= 11 is 0. The van der Waals surface area contributed by atoms with Crippen LogP contribution in [0, 0.1) is 13.8 Å². The first-order chi connectivity index (χ1) is 9.06. The molecule has 5 heteroatoms. The highest BCUT2D eigenvalue weighted by molar-refractivity contribution is 5.88. The van der Waals surface area contributed by atoms with Crippen LogP contribution < -0.4 is 5.32 Å². The van der Waals surface area contributed by atoms with Crippen LogP contribution in [0.5, 0.6) is 0 Å². The molecule has 2 N–H and O–H groups in total. The Balaban J connectivity index is 1.92. The number of aryl methyl sites for hydroxylation is 2. The largest absolute Gasteiger partial charge is 0.478 e. The summed E-state index contributed by atoms with van der Waals surface area (Å²) in [7, 11) is 0. The van der Waals surface area contributed by atoms with Crippen LogP contribution in [0.1, 0.15) is 33.3 Å². The lowest BCUT2D eigenvalue weighted by molar-refractivity contribution is 0.0695. The molecule has 0 fully saturated rings. The molecule has 0 saturated heterocycles. The minimum absolute atomic E-state index is 0.213. The van der Waals surface area contributed by atoms with Crippen LogP contribution in [0.2, 0.25) is 0 Å². The molecule has 2 rings (SSSR count). The first kappa shape index (κ1) is 13.3. The van der Waals surface area contributed by atoms with Crippen LogP contribution in [0.25, 0.3) is 0 Å². The fraction of sp³-hybridized carbons (Fsp3) is 0.286. The van der Waals surface area contributed by atoms with Crippen molar-refractivity contribution in [2.75, 3.05) is 0 Å². The molecule has 0 aliphatic rings. The fourth-order valence-electron chi connectivity index (χ4n) is 1.85. The molecule has 0 aromatic carbocycles. The van der Waals surface area contributed by atoms with Crippen LogP contribution >= 0.6 is 0 Å². The average Bonchev–Trinajstić information content (AvgIpc) is 2.71. The molecule has 0 radical (unpaired) electrons. The van der Waals surface area contributed by atoms with Crippen molar-refractivity contribution < 1.29 is 14.3 Å². The van der Waals surface area contributed by atoms with Crippen LogP contribution in [-0.4, -0.2) is 16.1 Å². The number of furan rings is 1. The van der Waals surface area contributed by atoms with Crippen LogP contribution in [0.3, 0.4) is 0 Å². The van der Waals surface area contributed by atoms with E-state index in [0.717, 1.165) is 11.4 Å². The smallest absolute Gasteiger partial charge is 0.339 e. The summed E-state index contributed by atoms with van der Waals surface area (Å²) in [6.45, 7) is 4.68. The Hall–Kier alpha value is -2.14. The lowest BCUT2D eigenvalue weighted by Crippen LogP contribution is -2.13. The number of hydrogen-bond acceptors (Lipinski definition) is 4. The quantitative estimate of drug-likeness (QED) is 0.862. The number of nitrogens with one attached hydrogen (secondary N) is 1. The van der Waals surface area contributed by atoms with Crippen molar-refractivity contribution in [1.82, 2.24) is 10.3 Å². The van der Waals surface area contributed by atoms with Crippen molar-refractivity contribution in [3.63, 3.8) is 0 Å². The highest BCUT2D eigenvalue weighted by Gasteiger charge is 2.13. The Labute approximate surface area is 111 Å². The monoisotopic (exact) mass is 260 g/mol. The first-order valence-corrected chi connectivity index (χ1v) is 6.02. The molecule has 5 nitrogen and oxygen atoms in total. The third-order valence-electron chi connectivity index (χ3n) is 2.75. The highest BCUT2D eigenvalue weighted by Crippen LogP contribution is 2.14. The van der Waals surface area contributed by atoms with Gasteiger partial charge in [-0.1, -0.05) is 6.07 Å². The van der Waals surface area contributed by atoms with E-state index in [1.165, 1.54) is 0 Å². The Kier molecular flexibility index (Phi) is 3.97. The SMILES string of the molecule is Cc1cccc(CNCc2cc(C(=O)O)c(C)o2)n1. The second kappa shape index (κ2) is 5.67. The molecule has 2 aromatic rings. The van der Waals surface area contributed by atoms with E-state index in [1.807, 2.05) is 25.1 Å². The van der Waals surface area contributed by atoms with Crippen LogP contribution in [0.4, 0.5) is 0 Å². The number of rotatable bonds is 5. The second-order valence-corrected chi connectivity index (χ2v) is 4.36. The molecule has 0 amide bonds. The number of pyridine rings is 1. The topological polar surface area (TPSA) is 75.4 Å². The molecule has 0 atom stereocenters. The van der Waals surface area contributed by atoms with Gasteiger partial charge in [-0.3, -0.25) is 4.98 Å². The van der Waals surface area contributed by atoms with Crippen molar-refractivity contribution >= 4 is 5.97 Å². The highest BCUT2D eigenvalue weighted by atomic mass is 16.4. The van der Waals surface area contributed by atoms with Crippen LogP contribution in [0.15, 0.2) is 28.7 Å². The summed E-state index contributed by atoms with van der Waals surface area (Å²) in [5, 5.41) is 12.1. The number of nitrogens with zero attached hydrogens (tertiary/aromatic N) is 1. The maximum Gasteiger partial charge on any atom is 0.339 e. The van der Waals surface area contributed by atoms with Crippen molar-refractivity contribution in [2.24, 2.45) is 0 Å². The molecule has 0 spiro atoms. The zero-order valence-corrected chi connectivity index (χ0v) is 10.9. The van der Waals surface area contributed by atoms with Crippen molar-refractivity contribution in [3.8, 4) is 0 Å². The Morgan fingerprint density at radius 1 is 1.37 bits per heavy atom. The molecule has 0 aliphatic carbocycles. The van der Waals surface area contributed by atoms with Gasteiger partial charge in [0.1, 0.15) is 17.1 Å². The fourth-order valence-corrected chi connectivity index (χ4v) is 1.85. The predicted molar refractivity (Wildman–Crippen MR) is 69.9 cm³/mol. The van der Waals surface area contributed by atoms with Gasteiger partial charge in [0.05, 0.1) is 12.2 Å². The maximum absolute atomic E-state index is 10.9. The van der Waals surface area contributed by atoms with Gasteiger partial charge >= 0.3 is 5.97 Å². The number of hydrogen-bond donors (Lipinski definition) is 2. The van der Waals surface area contributed by atoms with Gasteiger partial charge in [0.25, 0.3) is 0 Å². The van der Waals surface area contributed by atoms with Gasteiger partial charge in [-0.15, -0.1) is 0 Å². The van der Waals surface area contributed by atoms with E-state index in [0.29, 0.717) is 24.6 Å². The summed E-state index contributed by atoms with van der Waals surface area (Å²) in [6.07, 6.45) is 0. The molecule has 0 bridgehead atoms. The van der Waals surface area contributed by atoms with Gasteiger partial charge in [0.15, 0.2) is 0 Å². The summed E-state index contributed by atoms with van der Waals surface area (Å²) in [5.41, 5.74) is 2.13.